The van der Waals surface area contributed by atoms with Crippen LogP contribution in [0.3, 0.4) is 0 Å². The molecule has 0 spiro atoms. The van der Waals surface area contributed by atoms with Gasteiger partial charge in [0.15, 0.2) is 0 Å². The van der Waals surface area contributed by atoms with E-state index < -0.39 is 8.60 Å². The molecule has 0 aromatic rings. The van der Waals surface area contributed by atoms with E-state index in [9.17, 15) is 0 Å². The largest absolute Gasteiger partial charge is 0.342 e. The highest BCUT2D eigenvalue weighted by atomic mass is 127. The predicted octanol–water partition coefficient (Wildman–Crippen LogP) is 4.21. The van der Waals surface area contributed by atoms with Crippen molar-refractivity contribution in [3.63, 3.8) is 0 Å². The van der Waals surface area contributed by atoms with Crippen LogP contribution < -0.4 is 0 Å². The SMILES string of the molecule is CCCCOP(OI)OCCCC. The summed E-state index contributed by atoms with van der Waals surface area (Å²) in [5, 5.41) is 0. The minimum Gasteiger partial charge on any atom is -0.312 e. The molecular weight excluding hydrogens is 302 g/mol. The Balaban J connectivity index is 3.28. The molecule has 0 aromatic heterocycles. The standard InChI is InChI=1S/C8H18IO3P/c1-3-5-7-10-13(12-9)11-8-6-4-2/h3-8H2,1-2H3. The van der Waals surface area contributed by atoms with Gasteiger partial charge in [-0.2, -0.15) is 0 Å². The van der Waals surface area contributed by atoms with Gasteiger partial charge < -0.3 is 9.05 Å². The normalized spacial score (nSPS) is 11.1. The molecule has 0 aromatic carbocycles. The van der Waals surface area contributed by atoms with Gasteiger partial charge >= 0.3 is 8.60 Å². The minimum absolute atomic E-state index is 0.733. The summed E-state index contributed by atoms with van der Waals surface area (Å²) in [5.74, 6) is 0. The first kappa shape index (κ1) is 14.0. The van der Waals surface area contributed by atoms with Crippen LogP contribution in [-0.4, -0.2) is 13.2 Å². The summed E-state index contributed by atoms with van der Waals surface area (Å²) in [6, 6.07) is 0. The lowest BCUT2D eigenvalue weighted by Crippen LogP contribution is -1.94. The molecule has 0 fully saturated rings. The minimum atomic E-state index is -1.09. The van der Waals surface area contributed by atoms with Gasteiger partial charge in [-0.15, -0.1) is 0 Å². The molecule has 80 valence electrons. The Labute approximate surface area is 96.2 Å². The number of hydrogen-bond acceptors (Lipinski definition) is 3. The van der Waals surface area contributed by atoms with Crippen LogP contribution in [0.5, 0.6) is 0 Å². The van der Waals surface area contributed by atoms with Gasteiger partial charge in [0.1, 0.15) is 23.0 Å². The highest BCUT2D eigenvalue weighted by Crippen LogP contribution is 2.42. The Morgan fingerprint density at radius 1 is 1.00 bits per heavy atom. The van der Waals surface area contributed by atoms with Crippen molar-refractivity contribution in [2.45, 2.75) is 39.5 Å². The summed E-state index contributed by atoms with van der Waals surface area (Å²) in [6.07, 6.45) is 4.41. The van der Waals surface area contributed by atoms with Crippen LogP contribution in [0.25, 0.3) is 0 Å². The van der Waals surface area contributed by atoms with E-state index in [0.29, 0.717) is 0 Å². The van der Waals surface area contributed by atoms with E-state index in [4.69, 9.17) is 11.9 Å². The van der Waals surface area contributed by atoms with E-state index in [1.807, 2.05) is 23.0 Å². The lowest BCUT2D eigenvalue weighted by atomic mass is 10.4. The summed E-state index contributed by atoms with van der Waals surface area (Å²) in [5.41, 5.74) is 0. The molecule has 0 aliphatic carbocycles. The second-order valence-corrected chi connectivity index (χ2v) is 4.95. The van der Waals surface area contributed by atoms with Crippen molar-refractivity contribution in [2.24, 2.45) is 0 Å². The molecule has 0 radical (unpaired) electrons. The van der Waals surface area contributed by atoms with Crippen molar-refractivity contribution in [2.75, 3.05) is 13.2 Å². The molecule has 0 bridgehead atoms. The van der Waals surface area contributed by atoms with Crippen molar-refractivity contribution >= 4 is 31.6 Å². The van der Waals surface area contributed by atoms with E-state index in [0.717, 1.165) is 38.9 Å². The first-order valence-corrected chi connectivity index (χ1v) is 6.67. The lowest BCUT2D eigenvalue weighted by Gasteiger charge is -2.12. The Kier molecular flexibility index (Phi) is 12.0. The fourth-order valence-corrected chi connectivity index (χ4v) is 2.04. The maximum absolute atomic E-state index is 5.39. The summed E-state index contributed by atoms with van der Waals surface area (Å²) < 4.78 is 15.8. The Hall–Kier alpha value is 1.04. The molecule has 0 unspecified atom stereocenters. The summed E-state index contributed by atoms with van der Waals surface area (Å²) in [6.45, 7) is 5.73. The van der Waals surface area contributed by atoms with E-state index in [2.05, 4.69) is 13.8 Å². The summed E-state index contributed by atoms with van der Waals surface area (Å²) in [4.78, 5) is 0. The van der Waals surface area contributed by atoms with Crippen LogP contribution in [0.15, 0.2) is 0 Å². The molecule has 0 amide bonds. The Morgan fingerprint density at radius 2 is 1.46 bits per heavy atom. The third kappa shape index (κ3) is 9.35. The monoisotopic (exact) mass is 320 g/mol. The van der Waals surface area contributed by atoms with Gasteiger partial charge in [-0.25, -0.2) is 2.85 Å². The van der Waals surface area contributed by atoms with Gasteiger partial charge in [0.25, 0.3) is 0 Å². The lowest BCUT2D eigenvalue weighted by molar-refractivity contribution is 0.213. The number of rotatable bonds is 9. The average Bonchev–Trinajstić information content (AvgIpc) is 2.16. The van der Waals surface area contributed by atoms with Gasteiger partial charge in [0, 0.05) is 0 Å². The van der Waals surface area contributed by atoms with Crippen LogP contribution in [0.4, 0.5) is 0 Å². The molecule has 5 heteroatoms. The fraction of sp³-hybridized carbons (Fsp3) is 1.00. The Morgan fingerprint density at radius 3 is 1.77 bits per heavy atom. The number of hydrogen-bond donors (Lipinski definition) is 0. The molecule has 0 rings (SSSR count). The van der Waals surface area contributed by atoms with Crippen molar-refractivity contribution in [3.8, 4) is 0 Å². The zero-order valence-electron chi connectivity index (χ0n) is 8.29. The van der Waals surface area contributed by atoms with Crippen LogP contribution in [0.2, 0.25) is 0 Å². The zero-order valence-corrected chi connectivity index (χ0v) is 11.3. The molecule has 0 atom stereocenters. The van der Waals surface area contributed by atoms with Gasteiger partial charge in [-0.1, -0.05) is 26.7 Å². The first-order valence-electron chi connectivity index (χ1n) is 4.69. The van der Waals surface area contributed by atoms with Crippen molar-refractivity contribution in [1.29, 1.82) is 0 Å². The smallest absolute Gasteiger partial charge is 0.312 e. The van der Waals surface area contributed by atoms with Gasteiger partial charge in [0.2, 0.25) is 0 Å². The van der Waals surface area contributed by atoms with Gasteiger partial charge in [-0.05, 0) is 12.8 Å². The quantitative estimate of drug-likeness (QED) is 0.362. The highest BCUT2D eigenvalue weighted by Gasteiger charge is 2.09. The fourth-order valence-electron chi connectivity index (χ4n) is 0.644. The molecule has 0 saturated carbocycles. The third-order valence-electron chi connectivity index (χ3n) is 1.45. The molecule has 0 saturated heterocycles. The highest BCUT2D eigenvalue weighted by molar-refractivity contribution is 14.1. The molecule has 3 nitrogen and oxygen atoms in total. The topological polar surface area (TPSA) is 27.7 Å². The second kappa shape index (κ2) is 11.1. The zero-order chi connectivity index (χ0) is 9.94. The number of unbranched alkanes of at least 4 members (excludes halogenated alkanes) is 2. The van der Waals surface area contributed by atoms with Crippen molar-refractivity contribution in [3.05, 3.63) is 0 Å². The summed E-state index contributed by atoms with van der Waals surface area (Å²) >= 11 is 1.83. The van der Waals surface area contributed by atoms with Gasteiger partial charge in [-0.3, -0.25) is 0 Å². The third-order valence-corrected chi connectivity index (χ3v) is 3.31. The van der Waals surface area contributed by atoms with E-state index in [1.54, 1.807) is 0 Å². The number of halogens is 1. The Bertz CT molecular complexity index is 95.4. The predicted molar refractivity (Wildman–Crippen MR) is 63.7 cm³/mol. The van der Waals surface area contributed by atoms with Crippen LogP contribution in [0.1, 0.15) is 39.5 Å². The molecule has 0 N–H and O–H groups in total. The maximum Gasteiger partial charge on any atom is 0.342 e. The van der Waals surface area contributed by atoms with Crippen LogP contribution >= 0.6 is 31.6 Å². The van der Waals surface area contributed by atoms with Gasteiger partial charge in [0.05, 0.1) is 13.2 Å². The summed E-state index contributed by atoms with van der Waals surface area (Å²) in [7, 11) is -1.09. The average molecular weight is 320 g/mol. The van der Waals surface area contributed by atoms with E-state index >= 15 is 0 Å². The van der Waals surface area contributed by atoms with E-state index in [1.165, 1.54) is 0 Å². The first-order chi connectivity index (χ1) is 6.35. The molecule has 13 heavy (non-hydrogen) atoms. The van der Waals surface area contributed by atoms with Crippen LogP contribution in [0, 0.1) is 0 Å². The molecule has 0 heterocycles. The van der Waals surface area contributed by atoms with E-state index in [-0.39, 0.29) is 0 Å². The molecule has 0 aliphatic rings. The van der Waals surface area contributed by atoms with Crippen LogP contribution in [-0.2, 0) is 11.9 Å². The molecular formula is C8H18IO3P. The van der Waals surface area contributed by atoms with Crippen molar-refractivity contribution < 1.29 is 11.9 Å². The van der Waals surface area contributed by atoms with Crippen molar-refractivity contribution in [1.82, 2.24) is 0 Å². The molecule has 0 aliphatic heterocycles. The maximum atomic E-state index is 5.39. The second-order valence-electron chi connectivity index (χ2n) is 2.67.